The van der Waals surface area contributed by atoms with Crippen molar-refractivity contribution in [3.8, 4) is 0 Å². The van der Waals surface area contributed by atoms with E-state index >= 15 is 0 Å². The molecule has 0 fully saturated rings. The Morgan fingerprint density at radius 3 is 2.94 bits per heavy atom. The Labute approximate surface area is 109 Å². The van der Waals surface area contributed by atoms with Crippen molar-refractivity contribution in [2.75, 3.05) is 0 Å². The minimum absolute atomic E-state index is 0.271. The summed E-state index contributed by atoms with van der Waals surface area (Å²) < 4.78 is 13.2. The van der Waals surface area contributed by atoms with Gasteiger partial charge in [-0.1, -0.05) is 6.07 Å². The zero-order valence-corrected chi connectivity index (χ0v) is 10.9. The number of benzene rings is 1. The molecular weight excluding hydrogens is 247 g/mol. The van der Waals surface area contributed by atoms with Crippen molar-refractivity contribution in [2.45, 2.75) is 20.0 Å². The van der Waals surface area contributed by atoms with Crippen LogP contribution in [0.5, 0.6) is 0 Å². The molecule has 0 unspecified atom stereocenters. The lowest BCUT2D eigenvalue weighted by Gasteiger charge is -2.17. The molecule has 18 heavy (non-hydrogen) atoms. The maximum atomic E-state index is 13.2. The number of amidine groups is 1. The first kappa shape index (κ1) is 11.4. The monoisotopic (exact) mass is 260 g/mol. The zero-order valence-electron chi connectivity index (χ0n) is 10.0. The van der Waals surface area contributed by atoms with Crippen LogP contribution >= 0.6 is 11.3 Å². The highest BCUT2D eigenvalue weighted by atomic mass is 32.1. The van der Waals surface area contributed by atoms with Gasteiger partial charge in [-0.3, -0.25) is 5.41 Å². The van der Waals surface area contributed by atoms with Crippen molar-refractivity contribution in [3.05, 3.63) is 57.0 Å². The van der Waals surface area contributed by atoms with Crippen LogP contribution in [0.4, 0.5) is 4.39 Å². The summed E-state index contributed by atoms with van der Waals surface area (Å²) in [6, 6.07) is 6.79. The molecule has 0 bridgehead atoms. The van der Waals surface area contributed by atoms with Crippen molar-refractivity contribution >= 4 is 17.2 Å². The quantitative estimate of drug-likeness (QED) is 0.878. The van der Waals surface area contributed by atoms with E-state index in [1.54, 1.807) is 17.4 Å². The third kappa shape index (κ3) is 1.82. The van der Waals surface area contributed by atoms with Gasteiger partial charge < -0.3 is 4.90 Å². The Hall–Kier alpha value is -1.68. The Kier molecular flexibility index (Phi) is 2.67. The largest absolute Gasteiger partial charge is 0.347 e. The summed E-state index contributed by atoms with van der Waals surface area (Å²) >= 11 is 1.71. The summed E-state index contributed by atoms with van der Waals surface area (Å²) in [4.78, 5) is 3.26. The molecule has 4 heteroatoms. The number of thiophene rings is 1. The lowest BCUT2D eigenvalue weighted by atomic mass is 10.1. The highest BCUT2D eigenvalue weighted by molar-refractivity contribution is 7.10. The molecule has 0 saturated carbocycles. The van der Waals surface area contributed by atoms with Gasteiger partial charge in [0.05, 0.1) is 6.54 Å². The SMILES string of the molecule is Cc1ccsc1CN1Cc2ccc(F)cc2C1=N. The summed E-state index contributed by atoms with van der Waals surface area (Å²) in [6.45, 7) is 3.52. The first-order chi connectivity index (χ1) is 8.65. The summed E-state index contributed by atoms with van der Waals surface area (Å²) in [5.41, 5.74) is 3.02. The van der Waals surface area contributed by atoms with Crippen molar-refractivity contribution < 1.29 is 4.39 Å². The van der Waals surface area contributed by atoms with E-state index in [0.29, 0.717) is 12.4 Å². The van der Waals surface area contributed by atoms with Gasteiger partial charge >= 0.3 is 0 Å². The van der Waals surface area contributed by atoms with Crippen LogP contribution in [-0.4, -0.2) is 10.7 Å². The molecule has 3 rings (SSSR count). The zero-order chi connectivity index (χ0) is 12.7. The van der Waals surface area contributed by atoms with Crippen molar-refractivity contribution in [1.82, 2.24) is 4.90 Å². The summed E-state index contributed by atoms with van der Waals surface area (Å²) in [5.74, 6) is 0.157. The van der Waals surface area contributed by atoms with Gasteiger partial charge in [-0.05, 0) is 41.6 Å². The summed E-state index contributed by atoms with van der Waals surface area (Å²) in [5, 5.41) is 10.2. The van der Waals surface area contributed by atoms with E-state index in [9.17, 15) is 4.39 Å². The fourth-order valence-corrected chi connectivity index (χ4v) is 3.16. The molecular formula is C14H13FN2S. The van der Waals surface area contributed by atoms with Gasteiger partial charge in [-0.2, -0.15) is 0 Å². The van der Waals surface area contributed by atoms with Crippen LogP contribution in [0.15, 0.2) is 29.6 Å². The number of hydrogen-bond acceptors (Lipinski definition) is 2. The second-order valence-electron chi connectivity index (χ2n) is 4.53. The van der Waals surface area contributed by atoms with Gasteiger partial charge in [-0.25, -0.2) is 4.39 Å². The first-order valence-electron chi connectivity index (χ1n) is 5.80. The number of aryl methyl sites for hydroxylation is 1. The van der Waals surface area contributed by atoms with Crippen LogP contribution in [0.25, 0.3) is 0 Å². The Morgan fingerprint density at radius 1 is 1.39 bits per heavy atom. The molecule has 2 nitrogen and oxygen atoms in total. The average molecular weight is 260 g/mol. The van der Waals surface area contributed by atoms with Crippen LogP contribution in [0, 0.1) is 18.2 Å². The molecule has 2 heterocycles. The fraction of sp³-hybridized carbons (Fsp3) is 0.214. The topological polar surface area (TPSA) is 27.1 Å². The lowest BCUT2D eigenvalue weighted by molar-refractivity contribution is 0.425. The van der Waals surface area contributed by atoms with E-state index in [-0.39, 0.29) is 5.82 Å². The molecule has 1 aliphatic heterocycles. The molecule has 0 radical (unpaired) electrons. The van der Waals surface area contributed by atoms with E-state index in [2.05, 4.69) is 18.4 Å². The molecule has 0 aliphatic carbocycles. The molecule has 1 aromatic heterocycles. The van der Waals surface area contributed by atoms with Gasteiger partial charge in [-0.15, -0.1) is 11.3 Å². The Bertz CT molecular complexity index is 618. The number of fused-ring (bicyclic) bond motifs is 1. The molecule has 1 aliphatic rings. The maximum Gasteiger partial charge on any atom is 0.129 e. The van der Waals surface area contributed by atoms with Crippen LogP contribution in [0.2, 0.25) is 0 Å². The van der Waals surface area contributed by atoms with E-state index in [0.717, 1.165) is 17.7 Å². The third-order valence-electron chi connectivity index (χ3n) is 3.31. The average Bonchev–Trinajstić information content (AvgIpc) is 2.87. The molecule has 2 aromatic rings. The number of nitrogens with one attached hydrogen (secondary N) is 1. The number of nitrogens with zero attached hydrogens (tertiary/aromatic N) is 1. The van der Waals surface area contributed by atoms with E-state index in [1.165, 1.54) is 22.6 Å². The van der Waals surface area contributed by atoms with Crippen LogP contribution in [0.3, 0.4) is 0 Å². The second-order valence-corrected chi connectivity index (χ2v) is 5.53. The number of halogens is 1. The van der Waals surface area contributed by atoms with Gasteiger partial charge in [0.1, 0.15) is 11.7 Å². The van der Waals surface area contributed by atoms with Crippen molar-refractivity contribution in [1.29, 1.82) is 5.41 Å². The van der Waals surface area contributed by atoms with Crippen molar-refractivity contribution in [2.24, 2.45) is 0 Å². The molecule has 0 atom stereocenters. The van der Waals surface area contributed by atoms with E-state index in [4.69, 9.17) is 5.41 Å². The first-order valence-corrected chi connectivity index (χ1v) is 6.68. The predicted octanol–water partition coefficient (Wildman–Crippen LogP) is 3.54. The maximum absolute atomic E-state index is 13.2. The molecule has 0 saturated heterocycles. The van der Waals surface area contributed by atoms with Crippen LogP contribution in [0.1, 0.15) is 21.6 Å². The number of hydrogen-bond donors (Lipinski definition) is 1. The second kappa shape index (κ2) is 4.21. The minimum atomic E-state index is -0.271. The molecule has 1 aromatic carbocycles. The standard InChI is InChI=1S/C14H13FN2S/c1-9-4-5-18-13(9)8-17-7-10-2-3-11(15)6-12(10)14(17)16/h2-6,16H,7-8H2,1H3. The van der Waals surface area contributed by atoms with Crippen LogP contribution in [-0.2, 0) is 13.1 Å². The molecule has 0 amide bonds. The van der Waals surface area contributed by atoms with Gasteiger partial charge in [0.2, 0.25) is 0 Å². The Balaban J connectivity index is 1.87. The minimum Gasteiger partial charge on any atom is -0.347 e. The van der Waals surface area contributed by atoms with Gasteiger partial charge in [0, 0.05) is 17.0 Å². The summed E-state index contributed by atoms with van der Waals surface area (Å²) in [7, 11) is 0. The van der Waals surface area contributed by atoms with Crippen molar-refractivity contribution in [3.63, 3.8) is 0 Å². The predicted molar refractivity (Wildman–Crippen MR) is 71.5 cm³/mol. The molecule has 92 valence electrons. The lowest BCUT2D eigenvalue weighted by Crippen LogP contribution is -2.23. The fourth-order valence-electron chi connectivity index (χ4n) is 2.24. The van der Waals surface area contributed by atoms with E-state index in [1.807, 2.05) is 4.90 Å². The normalized spacial score (nSPS) is 14.1. The smallest absolute Gasteiger partial charge is 0.129 e. The highest BCUT2D eigenvalue weighted by Crippen LogP contribution is 2.27. The van der Waals surface area contributed by atoms with Gasteiger partial charge in [0.15, 0.2) is 0 Å². The highest BCUT2D eigenvalue weighted by Gasteiger charge is 2.25. The van der Waals surface area contributed by atoms with Crippen LogP contribution < -0.4 is 0 Å². The van der Waals surface area contributed by atoms with Gasteiger partial charge in [0.25, 0.3) is 0 Å². The third-order valence-corrected chi connectivity index (χ3v) is 4.31. The summed E-state index contributed by atoms with van der Waals surface area (Å²) in [6.07, 6.45) is 0. The molecule has 0 spiro atoms. The Morgan fingerprint density at radius 2 is 2.22 bits per heavy atom. The van der Waals surface area contributed by atoms with E-state index < -0.39 is 0 Å². The number of rotatable bonds is 2. The molecule has 1 N–H and O–H groups in total.